The number of carbonyl (C=O) groups excluding carboxylic acids is 1. The van der Waals surface area contributed by atoms with Crippen molar-refractivity contribution in [3.8, 4) is 5.75 Å². The molecule has 0 bridgehead atoms. The van der Waals surface area contributed by atoms with Crippen LogP contribution in [0, 0.1) is 5.92 Å². The second-order valence-electron chi connectivity index (χ2n) is 5.17. The third kappa shape index (κ3) is 3.72. The molecule has 2 atom stereocenters. The van der Waals surface area contributed by atoms with Gasteiger partial charge in [0.05, 0.1) is 17.7 Å². The minimum Gasteiger partial charge on any atom is -0.495 e. The van der Waals surface area contributed by atoms with E-state index in [-0.39, 0.29) is 28.4 Å². The Balaban J connectivity index is 2.23. The number of sulfonamides is 1. The molecule has 2 rings (SSSR count). The fourth-order valence-electron chi connectivity index (χ4n) is 2.45. The number of hydrogen-bond donors (Lipinski definition) is 3. The Bertz CT molecular complexity index is 645. The number of ether oxygens (including phenoxy) is 1. The summed E-state index contributed by atoms with van der Waals surface area (Å²) < 4.78 is 27.9. The molecule has 0 aromatic heterocycles. The number of methoxy groups -OCH3 is 1. The molecule has 1 aromatic rings. The van der Waals surface area contributed by atoms with Crippen LogP contribution in [0.4, 0.5) is 5.69 Å². The third-order valence-electron chi connectivity index (χ3n) is 3.60. The van der Waals surface area contributed by atoms with Crippen LogP contribution in [0.1, 0.15) is 19.3 Å². The van der Waals surface area contributed by atoms with Gasteiger partial charge in [-0.1, -0.05) is 0 Å². The lowest BCUT2D eigenvalue weighted by molar-refractivity contribution is -0.119. The standard InChI is InChI=1S/C13H19N3O4S/c1-20-12-5-4-10(21(15,18)19)7-11(12)16-13(17)8-2-3-9(14)6-8/h4-5,7-9H,2-3,6,14H2,1H3,(H,16,17)(H2,15,18,19). The van der Waals surface area contributed by atoms with Crippen LogP contribution in [0.2, 0.25) is 0 Å². The number of hydrogen-bond acceptors (Lipinski definition) is 5. The third-order valence-corrected chi connectivity index (χ3v) is 4.51. The number of rotatable bonds is 4. The Morgan fingerprint density at radius 1 is 1.38 bits per heavy atom. The lowest BCUT2D eigenvalue weighted by Crippen LogP contribution is -2.23. The van der Waals surface area contributed by atoms with Crippen molar-refractivity contribution in [1.82, 2.24) is 0 Å². The van der Waals surface area contributed by atoms with Crippen LogP contribution in [-0.4, -0.2) is 27.5 Å². The van der Waals surface area contributed by atoms with Crippen LogP contribution in [0.5, 0.6) is 5.75 Å². The van der Waals surface area contributed by atoms with Gasteiger partial charge in [-0.25, -0.2) is 13.6 Å². The molecule has 8 heteroatoms. The number of primary sulfonamides is 1. The number of nitrogens with two attached hydrogens (primary N) is 2. The fourth-order valence-corrected chi connectivity index (χ4v) is 2.99. The highest BCUT2D eigenvalue weighted by atomic mass is 32.2. The zero-order chi connectivity index (χ0) is 15.6. The van der Waals surface area contributed by atoms with Crippen LogP contribution in [0.3, 0.4) is 0 Å². The summed E-state index contributed by atoms with van der Waals surface area (Å²) in [5.41, 5.74) is 6.08. The highest BCUT2D eigenvalue weighted by Crippen LogP contribution is 2.30. The maximum absolute atomic E-state index is 12.2. The van der Waals surface area contributed by atoms with E-state index in [1.807, 2.05) is 0 Å². The smallest absolute Gasteiger partial charge is 0.238 e. The summed E-state index contributed by atoms with van der Waals surface area (Å²) in [6.07, 6.45) is 2.17. The van der Waals surface area contributed by atoms with Gasteiger partial charge in [-0.15, -0.1) is 0 Å². The molecule has 7 nitrogen and oxygen atoms in total. The van der Waals surface area contributed by atoms with Gasteiger partial charge in [0.15, 0.2) is 0 Å². The van der Waals surface area contributed by atoms with E-state index in [2.05, 4.69) is 5.32 Å². The second-order valence-corrected chi connectivity index (χ2v) is 6.73. The molecule has 1 amide bonds. The average molecular weight is 313 g/mol. The van der Waals surface area contributed by atoms with Crippen LogP contribution < -0.4 is 20.9 Å². The Hall–Kier alpha value is -1.64. The molecule has 5 N–H and O–H groups in total. The predicted molar refractivity (Wildman–Crippen MR) is 78.3 cm³/mol. The van der Waals surface area contributed by atoms with Gasteiger partial charge in [0.25, 0.3) is 0 Å². The van der Waals surface area contributed by atoms with E-state index in [0.29, 0.717) is 12.2 Å². The molecule has 1 aromatic carbocycles. The van der Waals surface area contributed by atoms with Gasteiger partial charge in [0, 0.05) is 12.0 Å². The van der Waals surface area contributed by atoms with Gasteiger partial charge in [-0.3, -0.25) is 4.79 Å². The van der Waals surface area contributed by atoms with Gasteiger partial charge in [-0.2, -0.15) is 0 Å². The lowest BCUT2D eigenvalue weighted by atomic mass is 10.1. The van der Waals surface area contributed by atoms with E-state index in [9.17, 15) is 13.2 Å². The topological polar surface area (TPSA) is 125 Å². The zero-order valence-electron chi connectivity index (χ0n) is 11.7. The molecule has 0 saturated heterocycles. The van der Waals surface area contributed by atoms with Crippen LogP contribution in [-0.2, 0) is 14.8 Å². The first-order valence-corrected chi connectivity index (χ1v) is 8.13. The molecule has 0 radical (unpaired) electrons. The maximum atomic E-state index is 12.2. The Labute approximate surface area is 123 Å². The van der Waals surface area contributed by atoms with Crippen molar-refractivity contribution in [2.24, 2.45) is 16.8 Å². The Morgan fingerprint density at radius 3 is 2.62 bits per heavy atom. The SMILES string of the molecule is COc1ccc(S(N)(=O)=O)cc1NC(=O)C1CCC(N)C1. The van der Waals surface area contributed by atoms with E-state index < -0.39 is 10.0 Å². The van der Waals surface area contributed by atoms with E-state index >= 15 is 0 Å². The van der Waals surface area contributed by atoms with E-state index in [4.69, 9.17) is 15.6 Å². The highest BCUT2D eigenvalue weighted by Gasteiger charge is 2.28. The normalized spacial score (nSPS) is 22.0. The molecular formula is C13H19N3O4S. The van der Waals surface area contributed by atoms with E-state index in [0.717, 1.165) is 12.8 Å². The fraction of sp³-hybridized carbons (Fsp3) is 0.462. The van der Waals surface area contributed by atoms with Crippen molar-refractivity contribution >= 4 is 21.6 Å². The van der Waals surface area contributed by atoms with Crippen molar-refractivity contribution in [3.05, 3.63) is 18.2 Å². The summed E-state index contributed by atoms with van der Waals surface area (Å²) in [6, 6.07) is 4.12. The van der Waals surface area contributed by atoms with Gasteiger partial charge in [-0.05, 0) is 37.5 Å². The highest BCUT2D eigenvalue weighted by molar-refractivity contribution is 7.89. The number of benzene rings is 1. The van der Waals surface area contributed by atoms with Crippen molar-refractivity contribution in [2.75, 3.05) is 12.4 Å². The summed E-state index contributed by atoms with van der Waals surface area (Å²) in [4.78, 5) is 12.1. The first kappa shape index (κ1) is 15.7. The number of amides is 1. The van der Waals surface area contributed by atoms with Crippen LogP contribution >= 0.6 is 0 Å². The Kier molecular flexibility index (Phi) is 4.50. The Morgan fingerprint density at radius 2 is 2.10 bits per heavy atom. The van der Waals surface area contributed by atoms with Crippen LogP contribution in [0.15, 0.2) is 23.1 Å². The summed E-state index contributed by atoms with van der Waals surface area (Å²) in [6.45, 7) is 0. The van der Waals surface area contributed by atoms with Crippen molar-refractivity contribution in [3.63, 3.8) is 0 Å². The summed E-state index contributed by atoms with van der Waals surface area (Å²) in [5.74, 6) is 0.0220. The van der Waals surface area contributed by atoms with E-state index in [1.165, 1.54) is 25.3 Å². The molecule has 0 aliphatic heterocycles. The maximum Gasteiger partial charge on any atom is 0.238 e. The number of carbonyl (C=O) groups is 1. The molecule has 1 saturated carbocycles. The quantitative estimate of drug-likeness (QED) is 0.742. The molecule has 0 heterocycles. The van der Waals surface area contributed by atoms with Crippen LogP contribution in [0.25, 0.3) is 0 Å². The van der Waals surface area contributed by atoms with E-state index in [1.54, 1.807) is 0 Å². The summed E-state index contributed by atoms with van der Waals surface area (Å²) in [7, 11) is -2.40. The molecule has 1 aliphatic carbocycles. The van der Waals surface area contributed by atoms with Gasteiger partial charge >= 0.3 is 0 Å². The minimum absolute atomic E-state index is 0.0402. The molecular weight excluding hydrogens is 294 g/mol. The molecule has 1 fully saturated rings. The molecule has 2 unspecified atom stereocenters. The molecule has 21 heavy (non-hydrogen) atoms. The first-order valence-electron chi connectivity index (χ1n) is 6.58. The summed E-state index contributed by atoms with van der Waals surface area (Å²) in [5, 5.41) is 7.79. The average Bonchev–Trinajstić information content (AvgIpc) is 2.84. The van der Waals surface area contributed by atoms with Gasteiger partial charge in [0.1, 0.15) is 5.75 Å². The minimum atomic E-state index is -3.84. The molecule has 116 valence electrons. The largest absolute Gasteiger partial charge is 0.495 e. The zero-order valence-corrected chi connectivity index (χ0v) is 12.5. The molecule has 1 aliphatic rings. The van der Waals surface area contributed by atoms with Crippen molar-refractivity contribution in [2.45, 2.75) is 30.2 Å². The lowest BCUT2D eigenvalue weighted by Gasteiger charge is -2.14. The summed E-state index contributed by atoms with van der Waals surface area (Å²) >= 11 is 0. The molecule has 0 spiro atoms. The number of anilines is 1. The van der Waals surface area contributed by atoms with Gasteiger partial charge < -0.3 is 15.8 Å². The number of nitrogens with one attached hydrogen (secondary N) is 1. The second kappa shape index (κ2) is 6.00. The first-order chi connectivity index (χ1) is 9.81. The van der Waals surface area contributed by atoms with Crippen molar-refractivity contribution < 1.29 is 17.9 Å². The van der Waals surface area contributed by atoms with Crippen molar-refractivity contribution in [1.29, 1.82) is 0 Å². The monoisotopic (exact) mass is 313 g/mol. The van der Waals surface area contributed by atoms with Gasteiger partial charge in [0.2, 0.25) is 15.9 Å². The predicted octanol–water partition coefficient (Wildman–Crippen LogP) is 0.409.